The van der Waals surface area contributed by atoms with Crippen LogP contribution in [0.5, 0.6) is 0 Å². The topological polar surface area (TPSA) is 49.4 Å². The van der Waals surface area contributed by atoms with E-state index < -0.39 is 0 Å². The highest BCUT2D eigenvalue weighted by Crippen LogP contribution is 2.38. The number of benzene rings is 2. The molecule has 1 N–H and O–H groups in total. The van der Waals surface area contributed by atoms with Crippen LogP contribution in [-0.2, 0) is 4.79 Å². The number of halogens is 1. The lowest BCUT2D eigenvalue weighted by Crippen LogP contribution is -2.25. The quantitative estimate of drug-likeness (QED) is 0.671. The number of amides is 2. The number of carbonyl (C=O) groups excluding carboxylic acids is 2. The van der Waals surface area contributed by atoms with Crippen molar-refractivity contribution in [2.75, 3.05) is 16.8 Å². The number of nitrogens with zero attached hydrogens (tertiary/aromatic N) is 1. The Morgan fingerprint density at radius 2 is 2.00 bits per heavy atom. The number of nitrogens with one attached hydrogen (secondary N) is 1. The molecular formula is C20H17ClN2O2S. The molecule has 6 heteroatoms. The molecule has 1 aliphatic rings. The Bertz CT molecular complexity index is 1030. The number of para-hydroxylation sites is 2. The van der Waals surface area contributed by atoms with E-state index in [9.17, 15) is 9.59 Å². The van der Waals surface area contributed by atoms with Gasteiger partial charge in [0, 0.05) is 23.1 Å². The predicted molar refractivity (Wildman–Crippen MR) is 108 cm³/mol. The zero-order valence-electron chi connectivity index (χ0n) is 14.2. The lowest BCUT2D eigenvalue weighted by molar-refractivity contribution is -0.117. The zero-order chi connectivity index (χ0) is 18.3. The van der Waals surface area contributed by atoms with Crippen LogP contribution in [0, 0.1) is 6.92 Å². The molecule has 3 aromatic rings. The predicted octanol–water partition coefficient (Wildman–Crippen LogP) is 5.24. The number of aryl methyl sites for hydroxylation is 1. The second-order valence-electron chi connectivity index (χ2n) is 6.31. The molecule has 2 heterocycles. The highest BCUT2D eigenvalue weighted by atomic mass is 35.5. The van der Waals surface area contributed by atoms with Gasteiger partial charge >= 0.3 is 0 Å². The summed E-state index contributed by atoms with van der Waals surface area (Å²) in [6.45, 7) is 2.66. The van der Waals surface area contributed by atoms with Crippen LogP contribution < -0.4 is 10.2 Å². The van der Waals surface area contributed by atoms with E-state index in [1.807, 2.05) is 49.4 Å². The van der Waals surface area contributed by atoms with Crippen LogP contribution in [-0.4, -0.2) is 18.4 Å². The van der Waals surface area contributed by atoms with Gasteiger partial charge < -0.3 is 10.2 Å². The molecule has 26 heavy (non-hydrogen) atoms. The van der Waals surface area contributed by atoms with Crippen LogP contribution in [0.25, 0.3) is 10.1 Å². The van der Waals surface area contributed by atoms with Gasteiger partial charge in [-0.2, -0.15) is 0 Å². The van der Waals surface area contributed by atoms with Gasteiger partial charge in [0.05, 0.1) is 16.4 Å². The fourth-order valence-electron chi connectivity index (χ4n) is 3.32. The Hall–Kier alpha value is -2.37. The maximum absolute atomic E-state index is 12.9. The lowest BCUT2D eigenvalue weighted by atomic mass is 10.1. The minimum Gasteiger partial charge on any atom is -0.319 e. The number of hydrogen-bond donors (Lipinski definition) is 1. The summed E-state index contributed by atoms with van der Waals surface area (Å²) in [5, 5.41) is 4.34. The highest BCUT2D eigenvalue weighted by molar-refractivity contribution is 7.21. The van der Waals surface area contributed by atoms with Crippen LogP contribution in [0.1, 0.15) is 28.1 Å². The maximum Gasteiger partial charge on any atom is 0.267 e. The van der Waals surface area contributed by atoms with Gasteiger partial charge in [-0.15, -0.1) is 11.3 Å². The molecule has 1 fully saturated rings. The van der Waals surface area contributed by atoms with E-state index >= 15 is 0 Å². The average Bonchev–Trinajstić information content (AvgIpc) is 3.20. The third-order valence-electron chi connectivity index (χ3n) is 4.59. The summed E-state index contributed by atoms with van der Waals surface area (Å²) < 4.78 is 0.989. The van der Waals surface area contributed by atoms with Crippen LogP contribution in [0.15, 0.2) is 42.5 Å². The van der Waals surface area contributed by atoms with E-state index in [2.05, 4.69) is 5.32 Å². The van der Waals surface area contributed by atoms with E-state index in [1.54, 1.807) is 4.90 Å². The van der Waals surface area contributed by atoms with Gasteiger partial charge in [-0.05, 0) is 37.1 Å². The summed E-state index contributed by atoms with van der Waals surface area (Å²) in [6.07, 6.45) is 1.38. The van der Waals surface area contributed by atoms with E-state index in [0.717, 1.165) is 27.8 Å². The largest absolute Gasteiger partial charge is 0.319 e. The third kappa shape index (κ3) is 2.87. The average molecular weight is 385 g/mol. The zero-order valence-corrected chi connectivity index (χ0v) is 15.8. The Morgan fingerprint density at radius 3 is 2.73 bits per heavy atom. The summed E-state index contributed by atoms with van der Waals surface area (Å²) in [5.41, 5.74) is 2.40. The molecule has 2 aromatic carbocycles. The van der Waals surface area contributed by atoms with Gasteiger partial charge in [0.1, 0.15) is 4.88 Å². The van der Waals surface area contributed by atoms with E-state index in [1.165, 1.54) is 11.3 Å². The van der Waals surface area contributed by atoms with Gasteiger partial charge in [-0.25, -0.2) is 0 Å². The second-order valence-corrected chi connectivity index (χ2v) is 7.74. The smallest absolute Gasteiger partial charge is 0.267 e. The second kappa shape index (κ2) is 6.74. The summed E-state index contributed by atoms with van der Waals surface area (Å²) in [7, 11) is 0. The van der Waals surface area contributed by atoms with Crippen molar-refractivity contribution < 1.29 is 9.59 Å². The fourth-order valence-corrected chi connectivity index (χ4v) is 4.89. The molecule has 0 radical (unpaired) electrons. The van der Waals surface area contributed by atoms with Gasteiger partial charge in [-0.1, -0.05) is 35.9 Å². The van der Waals surface area contributed by atoms with Gasteiger partial charge in [-0.3, -0.25) is 9.59 Å². The van der Waals surface area contributed by atoms with Crippen LogP contribution in [0.4, 0.5) is 11.4 Å². The highest BCUT2D eigenvalue weighted by Gasteiger charge is 2.25. The molecular weight excluding hydrogens is 368 g/mol. The fraction of sp³-hybridized carbons (Fsp3) is 0.200. The van der Waals surface area contributed by atoms with Crippen molar-refractivity contribution in [2.24, 2.45) is 0 Å². The first kappa shape index (κ1) is 17.1. The van der Waals surface area contributed by atoms with Crippen molar-refractivity contribution in [1.82, 2.24) is 0 Å². The van der Waals surface area contributed by atoms with Crippen molar-refractivity contribution in [3.8, 4) is 0 Å². The van der Waals surface area contributed by atoms with Crippen LogP contribution >= 0.6 is 22.9 Å². The molecule has 4 rings (SSSR count). The normalized spacial score (nSPS) is 14.2. The first-order chi connectivity index (χ1) is 12.6. The number of carbonyl (C=O) groups is 2. The van der Waals surface area contributed by atoms with Gasteiger partial charge in [0.2, 0.25) is 5.91 Å². The molecule has 0 unspecified atom stereocenters. The third-order valence-corrected chi connectivity index (χ3v) is 6.23. The SMILES string of the molecule is Cc1cccc2sc(C(=O)Nc3ccccc3N3CCCC3=O)c(Cl)c12. The molecule has 4 nitrogen and oxygen atoms in total. The summed E-state index contributed by atoms with van der Waals surface area (Å²) in [4.78, 5) is 27.2. The monoisotopic (exact) mass is 384 g/mol. The molecule has 2 amide bonds. The maximum atomic E-state index is 12.9. The number of hydrogen-bond acceptors (Lipinski definition) is 3. The van der Waals surface area contributed by atoms with E-state index in [0.29, 0.717) is 28.6 Å². The van der Waals surface area contributed by atoms with Crippen LogP contribution in [0.2, 0.25) is 5.02 Å². The number of thiophene rings is 1. The summed E-state index contributed by atoms with van der Waals surface area (Å²) in [5.74, 6) is -0.170. The number of fused-ring (bicyclic) bond motifs is 1. The molecule has 1 aliphatic heterocycles. The molecule has 1 aromatic heterocycles. The van der Waals surface area contributed by atoms with Crippen LogP contribution in [0.3, 0.4) is 0 Å². The number of anilines is 2. The minimum atomic E-state index is -0.255. The number of rotatable bonds is 3. The molecule has 1 saturated heterocycles. The van der Waals surface area contributed by atoms with E-state index in [-0.39, 0.29) is 11.8 Å². The Morgan fingerprint density at radius 1 is 1.19 bits per heavy atom. The lowest BCUT2D eigenvalue weighted by Gasteiger charge is -2.19. The minimum absolute atomic E-state index is 0.0854. The standard InChI is InChI=1S/C20H17ClN2O2S/c1-12-6-4-9-15-17(12)18(21)19(26-15)20(25)22-13-7-2-3-8-14(13)23-11-5-10-16(23)24/h2-4,6-9H,5,10-11H2,1H3,(H,22,25). The van der Waals surface area contributed by atoms with Crippen molar-refractivity contribution in [2.45, 2.75) is 19.8 Å². The van der Waals surface area contributed by atoms with Crippen molar-refractivity contribution in [1.29, 1.82) is 0 Å². The van der Waals surface area contributed by atoms with Crippen molar-refractivity contribution in [3.05, 3.63) is 57.9 Å². The van der Waals surface area contributed by atoms with Gasteiger partial charge in [0.15, 0.2) is 0 Å². The first-order valence-corrected chi connectivity index (χ1v) is 9.64. The summed E-state index contributed by atoms with van der Waals surface area (Å²) in [6, 6.07) is 13.3. The van der Waals surface area contributed by atoms with Gasteiger partial charge in [0.25, 0.3) is 5.91 Å². The Balaban J connectivity index is 1.69. The Kier molecular flexibility index (Phi) is 4.42. The van der Waals surface area contributed by atoms with E-state index in [4.69, 9.17) is 11.6 Å². The Labute approximate surface area is 160 Å². The molecule has 0 bridgehead atoms. The van der Waals surface area contributed by atoms with Crippen molar-refractivity contribution >= 4 is 56.2 Å². The molecule has 0 spiro atoms. The molecule has 0 atom stereocenters. The molecule has 0 aliphatic carbocycles. The molecule has 132 valence electrons. The van der Waals surface area contributed by atoms with Crippen molar-refractivity contribution in [3.63, 3.8) is 0 Å². The summed E-state index contributed by atoms with van der Waals surface area (Å²) >= 11 is 7.88. The molecule has 0 saturated carbocycles. The first-order valence-electron chi connectivity index (χ1n) is 8.44.